The minimum atomic E-state index is -0.457. The average Bonchev–Trinajstić information content (AvgIpc) is 1.82. The zero-order valence-corrected chi connectivity index (χ0v) is 5.56. The van der Waals surface area contributed by atoms with E-state index in [9.17, 15) is 9.18 Å². The molecule has 3 heteroatoms. The number of hydrogen-bond donors (Lipinski definition) is 1. The van der Waals surface area contributed by atoms with Crippen molar-refractivity contribution in [2.45, 2.75) is 19.8 Å². The maximum Gasteiger partial charge on any atom is 0.220 e. The Morgan fingerprint density at radius 2 is 2.33 bits per heavy atom. The van der Waals surface area contributed by atoms with E-state index in [1.165, 1.54) is 0 Å². The molecule has 1 unspecified atom stereocenters. The van der Waals surface area contributed by atoms with Gasteiger partial charge in [-0.15, -0.1) is 0 Å². The highest BCUT2D eigenvalue weighted by molar-refractivity contribution is 5.76. The van der Waals surface area contributed by atoms with Crippen LogP contribution < -0.4 is 5.73 Å². The molecule has 0 aromatic heterocycles. The van der Waals surface area contributed by atoms with Gasteiger partial charge in [-0.25, -0.2) is 0 Å². The van der Waals surface area contributed by atoms with Crippen LogP contribution in [0.15, 0.2) is 0 Å². The van der Waals surface area contributed by atoms with Crippen LogP contribution in [0.2, 0.25) is 0 Å². The molecule has 0 heterocycles. The molecule has 0 saturated carbocycles. The monoisotopic (exact) mass is 133 g/mol. The van der Waals surface area contributed by atoms with Gasteiger partial charge in [0, 0.05) is 5.92 Å². The quantitative estimate of drug-likeness (QED) is 0.607. The lowest BCUT2D eigenvalue weighted by Crippen LogP contribution is -2.22. The summed E-state index contributed by atoms with van der Waals surface area (Å²) in [6.45, 7) is 1.37. The molecule has 1 amide bonds. The molecule has 1 atom stereocenters. The van der Waals surface area contributed by atoms with Crippen molar-refractivity contribution in [1.82, 2.24) is 0 Å². The highest BCUT2D eigenvalue weighted by atomic mass is 19.1. The van der Waals surface area contributed by atoms with Gasteiger partial charge in [0.2, 0.25) is 5.91 Å². The van der Waals surface area contributed by atoms with Gasteiger partial charge in [0.1, 0.15) is 0 Å². The van der Waals surface area contributed by atoms with E-state index in [-0.39, 0.29) is 12.3 Å². The van der Waals surface area contributed by atoms with E-state index in [0.29, 0.717) is 6.42 Å². The van der Waals surface area contributed by atoms with Crippen molar-refractivity contribution in [3.05, 3.63) is 0 Å². The number of rotatable bonds is 4. The lowest BCUT2D eigenvalue weighted by Gasteiger charge is -2.05. The summed E-state index contributed by atoms with van der Waals surface area (Å²) in [5, 5.41) is 0. The zero-order chi connectivity index (χ0) is 7.28. The molecule has 0 aromatic rings. The van der Waals surface area contributed by atoms with Gasteiger partial charge in [-0.2, -0.15) is 0 Å². The fraction of sp³-hybridized carbons (Fsp3) is 0.833. The van der Waals surface area contributed by atoms with Gasteiger partial charge < -0.3 is 5.73 Å². The molecule has 0 aliphatic carbocycles. The lowest BCUT2D eigenvalue weighted by molar-refractivity contribution is -0.122. The minimum Gasteiger partial charge on any atom is -0.369 e. The first-order chi connectivity index (χ1) is 4.22. The molecule has 0 aliphatic rings. The summed E-state index contributed by atoms with van der Waals surface area (Å²) in [7, 11) is 0. The highest BCUT2D eigenvalue weighted by Gasteiger charge is 2.10. The molecule has 0 spiro atoms. The summed E-state index contributed by atoms with van der Waals surface area (Å²) < 4.78 is 11.6. The molecule has 0 aliphatic heterocycles. The molecule has 2 nitrogen and oxygen atoms in total. The third-order valence-corrected chi connectivity index (χ3v) is 1.35. The van der Waals surface area contributed by atoms with Gasteiger partial charge in [0.25, 0.3) is 0 Å². The van der Waals surface area contributed by atoms with Crippen molar-refractivity contribution in [1.29, 1.82) is 0 Å². The molecule has 0 fully saturated rings. The standard InChI is InChI=1S/C6H12FNO/c1-2-5(3-4-7)6(8)9/h5H,2-4H2,1H3,(H2,8,9). The molecule has 0 aromatic carbocycles. The van der Waals surface area contributed by atoms with Crippen LogP contribution in [0.1, 0.15) is 19.8 Å². The summed E-state index contributed by atoms with van der Waals surface area (Å²) in [5.74, 6) is -0.662. The van der Waals surface area contributed by atoms with Crippen LogP contribution in [0.25, 0.3) is 0 Å². The third-order valence-electron chi connectivity index (χ3n) is 1.35. The second-order valence-corrected chi connectivity index (χ2v) is 1.99. The summed E-state index contributed by atoms with van der Waals surface area (Å²) in [6.07, 6.45) is 0.908. The van der Waals surface area contributed by atoms with E-state index < -0.39 is 12.6 Å². The van der Waals surface area contributed by atoms with Gasteiger partial charge in [0.15, 0.2) is 0 Å². The van der Waals surface area contributed by atoms with Gasteiger partial charge in [-0.1, -0.05) is 6.92 Å². The second kappa shape index (κ2) is 4.30. The van der Waals surface area contributed by atoms with E-state index in [2.05, 4.69) is 0 Å². The van der Waals surface area contributed by atoms with E-state index in [1.54, 1.807) is 0 Å². The van der Waals surface area contributed by atoms with Crippen LogP contribution in [0.4, 0.5) is 4.39 Å². The highest BCUT2D eigenvalue weighted by Crippen LogP contribution is 2.06. The van der Waals surface area contributed by atoms with Crippen molar-refractivity contribution in [2.75, 3.05) is 6.67 Å². The Bertz CT molecular complexity index is 95.1. The molecule has 0 radical (unpaired) electrons. The van der Waals surface area contributed by atoms with Crippen molar-refractivity contribution < 1.29 is 9.18 Å². The van der Waals surface area contributed by atoms with E-state index >= 15 is 0 Å². The second-order valence-electron chi connectivity index (χ2n) is 1.99. The first-order valence-corrected chi connectivity index (χ1v) is 3.07. The Balaban J connectivity index is 3.54. The average molecular weight is 133 g/mol. The summed E-state index contributed by atoms with van der Waals surface area (Å²) in [6, 6.07) is 0. The largest absolute Gasteiger partial charge is 0.369 e. The fourth-order valence-corrected chi connectivity index (χ4v) is 0.679. The van der Waals surface area contributed by atoms with E-state index in [4.69, 9.17) is 5.73 Å². The molecule has 54 valence electrons. The zero-order valence-electron chi connectivity index (χ0n) is 5.56. The van der Waals surface area contributed by atoms with Gasteiger partial charge in [0.05, 0.1) is 6.67 Å². The summed E-state index contributed by atoms with van der Waals surface area (Å²) in [4.78, 5) is 10.4. The number of alkyl halides is 1. The molecule has 2 N–H and O–H groups in total. The van der Waals surface area contributed by atoms with Gasteiger partial charge >= 0.3 is 0 Å². The predicted molar refractivity (Wildman–Crippen MR) is 33.6 cm³/mol. The first kappa shape index (κ1) is 8.40. The molecular formula is C6H12FNO. The fourth-order valence-electron chi connectivity index (χ4n) is 0.679. The summed E-state index contributed by atoms with van der Waals surface area (Å²) in [5.41, 5.74) is 4.93. The SMILES string of the molecule is CCC(CCF)C(N)=O. The first-order valence-electron chi connectivity index (χ1n) is 3.07. The number of halogens is 1. The van der Waals surface area contributed by atoms with E-state index in [0.717, 1.165) is 0 Å². The Morgan fingerprint density at radius 1 is 1.78 bits per heavy atom. The lowest BCUT2D eigenvalue weighted by atomic mass is 10.0. The molecule has 0 bridgehead atoms. The number of hydrogen-bond acceptors (Lipinski definition) is 1. The molecule has 0 rings (SSSR count). The molecule has 9 heavy (non-hydrogen) atoms. The van der Waals surface area contributed by atoms with Crippen LogP contribution in [-0.4, -0.2) is 12.6 Å². The maximum atomic E-state index is 11.6. The number of nitrogens with two attached hydrogens (primary N) is 1. The predicted octanol–water partition coefficient (Wildman–Crippen LogP) is 0.857. The number of amides is 1. The van der Waals surface area contributed by atoms with Crippen LogP contribution in [0, 0.1) is 5.92 Å². The van der Waals surface area contributed by atoms with Crippen molar-refractivity contribution in [2.24, 2.45) is 11.7 Å². The normalized spacial score (nSPS) is 13.1. The van der Waals surface area contributed by atoms with Crippen molar-refractivity contribution >= 4 is 5.91 Å². The number of carbonyl (C=O) groups is 1. The number of carbonyl (C=O) groups excluding carboxylic acids is 1. The molecule has 0 saturated heterocycles. The Kier molecular flexibility index (Phi) is 4.01. The molecular weight excluding hydrogens is 121 g/mol. The van der Waals surface area contributed by atoms with Crippen LogP contribution in [0.3, 0.4) is 0 Å². The topological polar surface area (TPSA) is 43.1 Å². The maximum absolute atomic E-state index is 11.6. The van der Waals surface area contributed by atoms with Crippen LogP contribution in [-0.2, 0) is 4.79 Å². The Labute approximate surface area is 54.2 Å². The summed E-state index contributed by atoms with van der Waals surface area (Å²) >= 11 is 0. The van der Waals surface area contributed by atoms with E-state index in [1.807, 2.05) is 6.92 Å². The number of primary amides is 1. The Morgan fingerprint density at radius 3 is 2.44 bits per heavy atom. The van der Waals surface area contributed by atoms with Crippen molar-refractivity contribution in [3.63, 3.8) is 0 Å². The Hall–Kier alpha value is -0.600. The third kappa shape index (κ3) is 3.06. The van der Waals surface area contributed by atoms with Gasteiger partial charge in [-0.3, -0.25) is 9.18 Å². The minimum absolute atomic E-state index is 0.269. The van der Waals surface area contributed by atoms with Crippen LogP contribution in [0.5, 0.6) is 0 Å². The van der Waals surface area contributed by atoms with Crippen molar-refractivity contribution in [3.8, 4) is 0 Å². The smallest absolute Gasteiger partial charge is 0.220 e. The van der Waals surface area contributed by atoms with Gasteiger partial charge in [-0.05, 0) is 12.8 Å². The van der Waals surface area contributed by atoms with Crippen LogP contribution >= 0.6 is 0 Å².